The lowest BCUT2D eigenvalue weighted by Gasteiger charge is -2.45. The van der Waals surface area contributed by atoms with Crippen LogP contribution in [0.25, 0.3) is 10.2 Å². The number of likely N-dealkylation sites (tertiary alicyclic amines) is 1. The summed E-state index contributed by atoms with van der Waals surface area (Å²) in [5.74, 6) is -0.00604. The minimum Gasteiger partial charge on any atom is -0.437 e. The maximum Gasteiger partial charge on any atom is 0.408 e. The Morgan fingerprint density at radius 1 is 1.45 bits per heavy atom. The normalized spacial score (nSPS) is 19.2. The van der Waals surface area contributed by atoms with Gasteiger partial charge < -0.3 is 15.0 Å². The third kappa shape index (κ3) is 1.81. The van der Waals surface area contributed by atoms with Crippen molar-refractivity contribution in [1.82, 2.24) is 15.2 Å². The molecule has 7 heteroatoms. The molecule has 2 aliphatic heterocycles. The molecule has 1 N–H and O–H groups in total. The van der Waals surface area contributed by atoms with E-state index in [0.29, 0.717) is 19.6 Å². The number of hydrogen-bond donors (Lipinski definition) is 1. The molecule has 4 rings (SSSR count). The summed E-state index contributed by atoms with van der Waals surface area (Å²) in [5.41, 5.74) is 1.59. The van der Waals surface area contributed by atoms with E-state index in [1.807, 2.05) is 19.9 Å². The molecule has 114 valence electrons. The second kappa shape index (κ2) is 4.42. The Balaban J connectivity index is 1.61. The average molecular weight is 317 g/mol. The number of pyridine rings is 1. The number of amides is 2. The summed E-state index contributed by atoms with van der Waals surface area (Å²) < 4.78 is 5.26. The zero-order valence-electron chi connectivity index (χ0n) is 12.3. The molecule has 2 fully saturated rings. The fourth-order valence-corrected chi connectivity index (χ4v) is 4.37. The minimum atomic E-state index is -0.522. The molecule has 0 saturated carbocycles. The molecule has 2 aromatic heterocycles. The molecule has 2 aliphatic rings. The van der Waals surface area contributed by atoms with E-state index in [1.165, 1.54) is 11.3 Å². The van der Waals surface area contributed by atoms with Crippen LogP contribution < -0.4 is 5.32 Å². The summed E-state index contributed by atoms with van der Waals surface area (Å²) in [4.78, 5) is 31.6. The van der Waals surface area contributed by atoms with Crippen molar-refractivity contribution in [3.63, 3.8) is 0 Å². The number of aromatic nitrogens is 1. The summed E-state index contributed by atoms with van der Waals surface area (Å²) in [6, 6.07) is 1.96. The Morgan fingerprint density at radius 3 is 2.86 bits per heavy atom. The lowest BCUT2D eigenvalue weighted by molar-refractivity contribution is -0.0574. The molecule has 0 unspecified atom stereocenters. The number of thiophene rings is 1. The monoisotopic (exact) mass is 317 g/mol. The largest absolute Gasteiger partial charge is 0.437 e. The molecular formula is C15H15N3O3S. The van der Waals surface area contributed by atoms with Gasteiger partial charge in [0.05, 0.1) is 24.5 Å². The smallest absolute Gasteiger partial charge is 0.408 e. The van der Waals surface area contributed by atoms with E-state index in [0.717, 1.165) is 26.2 Å². The number of carbonyl (C=O) groups excluding carboxylic acids is 2. The Labute approximate surface area is 131 Å². The van der Waals surface area contributed by atoms with Crippen molar-refractivity contribution in [2.45, 2.75) is 19.4 Å². The number of nitrogens with zero attached hydrogens (tertiary/aromatic N) is 2. The van der Waals surface area contributed by atoms with Gasteiger partial charge in [-0.2, -0.15) is 0 Å². The number of hydrogen-bond acceptors (Lipinski definition) is 5. The first kappa shape index (κ1) is 13.5. The Morgan fingerprint density at radius 2 is 2.23 bits per heavy atom. The van der Waals surface area contributed by atoms with Gasteiger partial charge in [-0.05, 0) is 31.0 Å². The van der Waals surface area contributed by atoms with Gasteiger partial charge in [-0.1, -0.05) is 0 Å². The predicted molar refractivity (Wildman–Crippen MR) is 82.2 cm³/mol. The van der Waals surface area contributed by atoms with Crippen LogP contribution >= 0.6 is 11.3 Å². The number of alkyl carbamates (subject to hydrolysis) is 1. The van der Waals surface area contributed by atoms with E-state index in [-0.39, 0.29) is 5.91 Å². The van der Waals surface area contributed by atoms with Gasteiger partial charge in [-0.25, -0.2) is 9.78 Å². The molecule has 0 radical (unpaired) electrons. The molecular weight excluding hydrogens is 302 g/mol. The van der Waals surface area contributed by atoms with Crippen molar-refractivity contribution in [3.8, 4) is 0 Å². The number of aryl methyl sites for hydroxylation is 2. The van der Waals surface area contributed by atoms with Gasteiger partial charge in [0.25, 0.3) is 5.91 Å². The van der Waals surface area contributed by atoms with Crippen LogP contribution in [0, 0.1) is 13.8 Å². The van der Waals surface area contributed by atoms with Crippen LogP contribution in [-0.2, 0) is 4.74 Å². The van der Waals surface area contributed by atoms with Gasteiger partial charge in [0, 0.05) is 11.6 Å². The van der Waals surface area contributed by atoms with Gasteiger partial charge in [0.15, 0.2) is 5.60 Å². The average Bonchev–Trinajstić information content (AvgIpc) is 2.99. The van der Waals surface area contributed by atoms with Gasteiger partial charge in [0.2, 0.25) is 0 Å². The van der Waals surface area contributed by atoms with E-state index < -0.39 is 11.7 Å². The summed E-state index contributed by atoms with van der Waals surface area (Å²) in [6.45, 7) is 5.37. The summed E-state index contributed by atoms with van der Waals surface area (Å²) in [6.07, 6.45) is 1.37. The third-order valence-electron chi connectivity index (χ3n) is 4.34. The highest BCUT2D eigenvalue weighted by Crippen LogP contribution is 2.35. The summed E-state index contributed by atoms with van der Waals surface area (Å²) in [5, 5.41) is 3.71. The van der Waals surface area contributed by atoms with Crippen molar-refractivity contribution < 1.29 is 14.3 Å². The molecule has 2 saturated heterocycles. The maximum absolute atomic E-state index is 12.7. The molecule has 22 heavy (non-hydrogen) atoms. The van der Waals surface area contributed by atoms with Crippen molar-refractivity contribution in [3.05, 3.63) is 28.3 Å². The fourth-order valence-electron chi connectivity index (χ4n) is 3.17. The quantitative estimate of drug-likeness (QED) is 0.871. The van der Waals surface area contributed by atoms with Gasteiger partial charge in [0.1, 0.15) is 4.83 Å². The molecule has 0 bridgehead atoms. The number of ether oxygens (including phenoxy) is 1. The number of fused-ring (bicyclic) bond motifs is 1. The van der Waals surface area contributed by atoms with Crippen molar-refractivity contribution in [1.29, 1.82) is 0 Å². The highest BCUT2D eigenvalue weighted by atomic mass is 32.1. The first-order valence-corrected chi connectivity index (χ1v) is 7.92. The third-order valence-corrected chi connectivity index (χ3v) is 5.53. The van der Waals surface area contributed by atoms with E-state index >= 15 is 0 Å². The SMILES string of the molecule is Cc1ccnc2sc(C(=O)N3CC4(CNC(=O)O4)C3)c(C)c12. The maximum atomic E-state index is 12.7. The van der Waals surface area contributed by atoms with Crippen LogP contribution in [0.1, 0.15) is 20.8 Å². The van der Waals surface area contributed by atoms with Crippen LogP contribution in [0.2, 0.25) is 0 Å². The van der Waals surface area contributed by atoms with E-state index in [1.54, 1.807) is 11.1 Å². The van der Waals surface area contributed by atoms with E-state index in [9.17, 15) is 9.59 Å². The Bertz CT molecular complexity index is 808. The zero-order chi connectivity index (χ0) is 15.5. The lowest BCUT2D eigenvalue weighted by atomic mass is 9.94. The number of nitrogens with one attached hydrogen (secondary N) is 1. The van der Waals surface area contributed by atoms with Crippen LogP contribution in [0.15, 0.2) is 12.3 Å². The Hall–Kier alpha value is -2.15. The van der Waals surface area contributed by atoms with Crippen LogP contribution in [0.3, 0.4) is 0 Å². The number of carbonyl (C=O) groups is 2. The minimum absolute atomic E-state index is 0.00604. The summed E-state index contributed by atoms with van der Waals surface area (Å²) in [7, 11) is 0. The Kier molecular flexibility index (Phi) is 2.72. The van der Waals surface area contributed by atoms with Crippen LogP contribution in [0.5, 0.6) is 0 Å². The second-order valence-electron chi connectivity index (χ2n) is 5.95. The molecule has 4 heterocycles. The van der Waals surface area contributed by atoms with Crippen LogP contribution in [0.4, 0.5) is 4.79 Å². The van der Waals surface area contributed by atoms with Gasteiger partial charge >= 0.3 is 6.09 Å². The topological polar surface area (TPSA) is 71.5 Å². The molecule has 6 nitrogen and oxygen atoms in total. The fraction of sp³-hybridized carbons (Fsp3) is 0.400. The number of rotatable bonds is 1. The molecule has 1 spiro atoms. The first-order chi connectivity index (χ1) is 10.5. The van der Waals surface area contributed by atoms with Crippen molar-refractivity contribution >= 4 is 33.6 Å². The lowest BCUT2D eigenvalue weighted by Crippen LogP contribution is -2.65. The van der Waals surface area contributed by atoms with E-state index in [4.69, 9.17) is 4.74 Å². The highest BCUT2D eigenvalue weighted by molar-refractivity contribution is 7.20. The van der Waals surface area contributed by atoms with Crippen molar-refractivity contribution in [2.75, 3.05) is 19.6 Å². The highest BCUT2D eigenvalue weighted by Gasteiger charge is 2.52. The van der Waals surface area contributed by atoms with E-state index in [2.05, 4.69) is 10.3 Å². The van der Waals surface area contributed by atoms with Gasteiger partial charge in [-0.3, -0.25) is 4.79 Å². The zero-order valence-corrected chi connectivity index (χ0v) is 13.1. The summed E-state index contributed by atoms with van der Waals surface area (Å²) >= 11 is 1.43. The van der Waals surface area contributed by atoms with Crippen molar-refractivity contribution in [2.24, 2.45) is 0 Å². The van der Waals surface area contributed by atoms with Gasteiger partial charge in [-0.15, -0.1) is 11.3 Å². The van der Waals surface area contributed by atoms with Crippen LogP contribution in [-0.4, -0.2) is 47.1 Å². The molecule has 2 amide bonds. The molecule has 0 aliphatic carbocycles. The molecule has 0 atom stereocenters. The second-order valence-corrected chi connectivity index (χ2v) is 6.95. The standard InChI is InChI=1S/C15H15N3O3S/c1-8-3-4-16-12-10(8)9(2)11(22-12)13(19)18-6-15(7-18)5-17-14(20)21-15/h3-4H,5-7H2,1-2H3,(H,17,20). The molecule has 2 aromatic rings. The predicted octanol–water partition coefficient (Wildman–Crippen LogP) is 1.85. The molecule has 0 aromatic carbocycles. The first-order valence-electron chi connectivity index (χ1n) is 7.10.